The van der Waals surface area contributed by atoms with Crippen LogP contribution in [-0.2, 0) is 15.8 Å². The molecule has 1 heterocycles. The highest BCUT2D eigenvalue weighted by molar-refractivity contribution is 7.98. The Morgan fingerprint density at radius 3 is 2.54 bits per heavy atom. The van der Waals surface area contributed by atoms with Crippen molar-refractivity contribution in [2.24, 2.45) is 0 Å². The molecule has 0 aliphatic carbocycles. The molecule has 0 spiro atoms. The summed E-state index contributed by atoms with van der Waals surface area (Å²) in [6.07, 6.45) is 1.69. The largest absolute Gasteiger partial charge is 0.351 e. The molecule has 0 unspecified atom stereocenters. The van der Waals surface area contributed by atoms with Gasteiger partial charge in [0.25, 0.3) is 5.91 Å². The number of carbonyl (C=O) groups is 1. The molecule has 1 fully saturated rings. The normalized spacial score (nSPS) is 14.9. The predicted molar refractivity (Wildman–Crippen MR) is 114 cm³/mol. The van der Waals surface area contributed by atoms with Crippen molar-refractivity contribution in [3.8, 4) is 0 Å². The van der Waals surface area contributed by atoms with Crippen LogP contribution in [0.2, 0.25) is 5.02 Å². The van der Waals surface area contributed by atoms with Crippen LogP contribution in [0.15, 0.2) is 53.4 Å². The molecule has 0 saturated carbocycles. The van der Waals surface area contributed by atoms with Crippen molar-refractivity contribution >= 4 is 39.3 Å². The van der Waals surface area contributed by atoms with Gasteiger partial charge in [-0.1, -0.05) is 41.9 Å². The number of benzene rings is 2. The molecule has 1 amide bonds. The van der Waals surface area contributed by atoms with E-state index in [2.05, 4.69) is 17.4 Å². The van der Waals surface area contributed by atoms with Crippen LogP contribution < -0.4 is 5.32 Å². The summed E-state index contributed by atoms with van der Waals surface area (Å²) in [4.78, 5) is 12.4. The van der Waals surface area contributed by atoms with E-state index in [-0.39, 0.29) is 15.8 Å². The van der Waals surface area contributed by atoms with Crippen molar-refractivity contribution in [2.75, 3.05) is 25.4 Å². The van der Waals surface area contributed by atoms with Gasteiger partial charge in [-0.2, -0.15) is 16.1 Å². The molecular formula is C20H23ClN2O3S2. The first-order valence-electron chi connectivity index (χ1n) is 9.18. The minimum atomic E-state index is -3.67. The Bertz CT molecular complexity index is 914. The zero-order valence-corrected chi connectivity index (χ0v) is 17.8. The summed E-state index contributed by atoms with van der Waals surface area (Å²) in [5.41, 5.74) is 1.54. The minimum absolute atomic E-state index is 0.00201. The Kier molecular flexibility index (Phi) is 7.40. The summed E-state index contributed by atoms with van der Waals surface area (Å²) in [5.74, 6) is 1.36. The highest BCUT2D eigenvalue weighted by Gasteiger charge is 2.29. The topological polar surface area (TPSA) is 66.5 Å². The average molecular weight is 439 g/mol. The van der Waals surface area contributed by atoms with E-state index in [9.17, 15) is 13.2 Å². The predicted octanol–water partition coefficient (Wildman–Crippen LogP) is 3.79. The lowest BCUT2D eigenvalue weighted by Crippen LogP contribution is -2.29. The van der Waals surface area contributed by atoms with E-state index in [1.54, 1.807) is 17.8 Å². The molecule has 1 aliphatic rings. The Morgan fingerprint density at radius 1 is 1.11 bits per heavy atom. The first-order chi connectivity index (χ1) is 13.5. The van der Waals surface area contributed by atoms with E-state index in [4.69, 9.17) is 11.6 Å². The van der Waals surface area contributed by atoms with Gasteiger partial charge in [0.15, 0.2) is 0 Å². The van der Waals surface area contributed by atoms with Gasteiger partial charge in [-0.05, 0) is 36.6 Å². The summed E-state index contributed by atoms with van der Waals surface area (Å²) in [5, 5.41) is 2.98. The fourth-order valence-corrected chi connectivity index (χ4v) is 5.85. The van der Waals surface area contributed by atoms with Crippen molar-refractivity contribution in [1.29, 1.82) is 0 Å². The third-order valence-corrected chi connectivity index (χ3v) is 7.93. The Labute approximate surface area is 175 Å². The number of amides is 1. The van der Waals surface area contributed by atoms with Crippen LogP contribution in [-0.4, -0.2) is 44.0 Å². The van der Waals surface area contributed by atoms with Crippen LogP contribution >= 0.6 is 23.4 Å². The SMILES string of the molecule is O=C(NCCSCc1ccccc1)c1ccc(Cl)c(S(=O)(=O)N2CCCC2)c1. The van der Waals surface area contributed by atoms with Crippen molar-refractivity contribution in [3.05, 3.63) is 64.7 Å². The van der Waals surface area contributed by atoms with Gasteiger partial charge >= 0.3 is 0 Å². The Morgan fingerprint density at radius 2 is 1.82 bits per heavy atom. The quantitative estimate of drug-likeness (QED) is 0.637. The van der Waals surface area contributed by atoms with E-state index in [0.29, 0.717) is 25.2 Å². The number of halogens is 1. The number of nitrogens with one attached hydrogen (secondary N) is 1. The maximum Gasteiger partial charge on any atom is 0.251 e. The molecule has 1 N–H and O–H groups in total. The maximum absolute atomic E-state index is 12.8. The molecule has 1 saturated heterocycles. The van der Waals surface area contributed by atoms with E-state index in [1.165, 1.54) is 22.0 Å². The minimum Gasteiger partial charge on any atom is -0.351 e. The highest BCUT2D eigenvalue weighted by atomic mass is 35.5. The molecule has 0 atom stereocenters. The molecule has 150 valence electrons. The van der Waals surface area contributed by atoms with Gasteiger partial charge < -0.3 is 5.32 Å². The van der Waals surface area contributed by atoms with Crippen molar-refractivity contribution in [2.45, 2.75) is 23.5 Å². The second-order valence-electron chi connectivity index (χ2n) is 6.55. The van der Waals surface area contributed by atoms with Crippen molar-refractivity contribution < 1.29 is 13.2 Å². The fraction of sp³-hybridized carbons (Fsp3) is 0.350. The Hall–Kier alpha value is -1.54. The number of rotatable bonds is 8. The molecule has 1 aliphatic heterocycles. The third-order valence-electron chi connectivity index (χ3n) is 4.52. The number of carbonyl (C=O) groups excluding carboxylic acids is 1. The number of hydrogen-bond donors (Lipinski definition) is 1. The van der Waals surface area contributed by atoms with Crippen LogP contribution in [0.3, 0.4) is 0 Å². The lowest BCUT2D eigenvalue weighted by molar-refractivity contribution is 0.0956. The molecule has 5 nitrogen and oxygen atoms in total. The monoisotopic (exact) mass is 438 g/mol. The average Bonchev–Trinajstić information content (AvgIpc) is 3.24. The van der Waals surface area contributed by atoms with Crippen molar-refractivity contribution in [1.82, 2.24) is 9.62 Å². The zero-order chi connectivity index (χ0) is 20.0. The lowest BCUT2D eigenvalue weighted by Gasteiger charge is -2.17. The van der Waals surface area contributed by atoms with Gasteiger partial charge in [0.05, 0.1) is 5.02 Å². The summed E-state index contributed by atoms with van der Waals surface area (Å²) in [7, 11) is -3.67. The van der Waals surface area contributed by atoms with E-state index >= 15 is 0 Å². The van der Waals surface area contributed by atoms with Gasteiger partial charge in [0, 0.05) is 36.7 Å². The second-order valence-corrected chi connectivity index (χ2v) is 9.97. The standard InChI is InChI=1S/C20H23ClN2O3S2/c21-18-9-8-17(14-19(18)28(25,26)23-11-4-5-12-23)20(24)22-10-13-27-15-16-6-2-1-3-7-16/h1-3,6-9,14H,4-5,10-13,15H2,(H,22,24). The molecule has 0 bridgehead atoms. The number of sulfonamides is 1. The zero-order valence-electron chi connectivity index (χ0n) is 15.4. The molecule has 2 aromatic rings. The Balaban J connectivity index is 1.56. The molecule has 3 rings (SSSR count). The van der Waals surface area contributed by atoms with Crippen molar-refractivity contribution in [3.63, 3.8) is 0 Å². The highest BCUT2D eigenvalue weighted by Crippen LogP contribution is 2.28. The summed E-state index contributed by atoms with van der Waals surface area (Å²) in [6.45, 7) is 1.49. The van der Waals surface area contributed by atoms with E-state index in [0.717, 1.165) is 24.3 Å². The van der Waals surface area contributed by atoms with Gasteiger partial charge in [-0.15, -0.1) is 0 Å². The molecule has 2 aromatic carbocycles. The first kappa shape index (κ1) is 21.2. The van der Waals surface area contributed by atoms with Gasteiger partial charge in [-0.3, -0.25) is 4.79 Å². The smallest absolute Gasteiger partial charge is 0.251 e. The lowest BCUT2D eigenvalue weighted by atomic mass is 10.2. The van der Waals surface area contributed by atoms with Crippen LogP contribution in [0.4, 0.5) is 0 Å². The number of thioether (sulfide) groups is 1. The van der Waals surface area contributed by atoms with Crippen LogP contribution in [0.1, 0.15) is 28.8 Å². The summed E-state index contributed by atoms with van der Waals surface area (Å²) >= 11 is 7.86. The second kappa shape index (κ2) is 9.78. The van der Waals surface area contributed by atoms with Gasteiger partial charge in [0.2, 0.25) is 10.0 Å². The molecular weight excluding hydrogens is 416 g/mol. The van der Waals surface area contributed by atoms with Crippen LogP contribution in [0.5, 0.6) is 0 Å². The molecule has 8 heteroatoms. The summed E-state index contributed by atoms with van der Waals surface area (Å²) in [6, 6.07) is 14.5. The molecule has 28 heavy (non-hydrogen) atoms. The number of hydrogen-bond acceptors (Lipinski definition) is 4. The van der Waals surface area contributed by atoms with Crippen LogP contribution in [0.25, 0.3) is 0 Å². The van der Waals surface area contributed by atoms with Gasteiger partial charge in [0.1, 0.15) is 4.90 Å². The third kappa shape index (κ3) is 5.29. The molecule has 0 radical (unpaired) electrons. The molecule has 0 aromatic heterocycles. The number of nitrogens with zero attached hydrogens (tertiary/aromatic N) is 1. The fourth-order valence-electron chi connectivity index (χ4n) is 3.01. The van der Waals surface area contributed by atoms with Crippen LogP contribution in [0, 0.1) is 0 Å². The maximum atomic E-state index is 12.8. The first-order valence-corrected chi connectivity index (χ1v) is 12.2. The van der Waals surface area contributed by atoms with Gasteiger partial charge in [-0.25, -0.2) is 8.42 Å². The van der Waals surface area contributed by atoms with E-state index in [1.807, 2.05) is 18.2 Å². The van der Waals surface area contributed by atoms with E-state index < -0.39 is 10.0 Å². The summed E-state index contributed by atoms with van der Waals surface area (Å²) < 4.78 is 27.0.